The number of fused-ring (bicyclic) bond motifs is 1. The summed E-state index contributed by atoms with van der Waals surface area (Å²) < 4.78 is 11.6. The number of hydrogen-bond donors (Lipinski definition) is 0. The lowest BCUT2D eigenvalue weighted by molar-refractivity contribution is -0.162. The second-order valence-electron chi connectivity index (χ2n) is 9.40. The first kappa shape index (κ1) is 23.0. The molecule has 32 heavy (non-hydrogen) atoms. The van der Waals surface area contributed by atoms with Gasteiger partial charge in [-0.2, -0.15) is 0 Å². The number of aryl methyl sites for hydroxylation is 1. The number of carbonyl (C=O) groups is 1. The molecule has 172 valence electrons. The van der Waals surface area contributed by atoms with Gasteiger partial charge in [0.2, 0.25) is 5.91 Å². The van der Waals surface area contributed by atoms with Crippen LogP contribution < -0.4 is 4.90 Å². The molecule has 0 aromatic heterocycles. The molecule has 1 fully saturated rings. The van der Waals surface area contributed by atoms with E-state index in [4.69, 9.17) is 9.47 Å². The number of amides is 1. The zero-order chi connectivity index (χ0) is 22.3. The number of ether oxygens (including phenoxy) is 2. The fourth-order valence-corrected chi connectivity index (χ4v) is 4.88. The number of carbonyl (C=O) groups excluding carboxylic acids is 1. The number of anilines is 1. The Morgan fingerprint density at radius 1 is 1.06 bits per heavy atom. The van der Waals surface area contributed by atoms with Crippen molar-refractivity contribution in [2.75, 3.05) is 24.7 Å². The van der Waals surface area contributed by atoms with Crippen LogP contribution in [0.3, 0.4) is 0 Å². The smallest absolute Gasteiger partial charge is 0.234 e. The SMILES string of the molecule is CC(C)c1ccc(N(CCCOC2CCCCO2)C(=O)C2CCCc3ccccc32)cc1. The fourth-order valence-electron chi connectivity index (χ4n) is 4.88. The van der Waals surface area contributed by atoms with Crippen molar-refractivity contribution < 1.29 is 14.3 Å². The van der Waals surface area contributed by atoms with Crippen LogP contribution >= 0.6 is 0 Å². The lowest BCUT2D eigenvalue weighted by Crippen LogP contribution is -2.38. The minimum absolute atomic E-state index is 0.0627. The minimum Gasteiger partial charge on any atom is -0.353 e. The van der Waals surface area contributed by atoms with Crippen molar-refractivity contribution in [1.82, 2.24) is 0 Å². The number of hydrogen-bond acceptors (Lipinski definition) is 3. The molecular formula is C28H37NO3. The van der Waals surface area contributed by atoms with Gasteiger partial charge >= 0.3 is 0 Å². The van der Waals surface area contributed by atoms with Crippen molar-refractivity contribution >= 4 is 11.6 Å². The summed E-state index contributed by atoms with van der Waals surface area (Å²) in [6.07, 6.45) is 7.03. The first-order valence-corrected chi connectivity index (χ1v) is 12.4. The zero-order valence-corrected chi connectivity index (χ0v) is 19.6. The maximum absolute atomic E-state index is 13.8. The molecular weight excluding hydrogens is 398 g/mol. The van der Waals surface area contributed by atoms with Crippen molar-refractivity contribution in [3.05, 3.63) is 65.2 Å². The van der Waals surface area contributed by atoms with Gasteiger partial charge < -0.3 is 14.4 Å². The average Bonchev–Trinajstić information content (AvgIpc) is 2.84. The summed E-state index contributed by atoms with van der Waals surface area (Å²) in [6, 6.07) is 17.0. The van der Waals surface area contributed by atoms with Gasteiger partial charge in [0.15, 0.2) is 6.29 Å². The molecule has 4 heteroatoms. The summed E-state index contributed by atoms with van der Waals surface area (Å²) in [7, 11) is 0. The standard InChI is InChI=1S/C28H37NO3/c1-21(2)22-14-16-24(17-15-22)29(18-8-20-32-27-13-5-6-19-31-27)28(30)26-12-7-10-23-9-3-4-11-25(23)26/h3-4,9,11,14-17,21,26-27H,5-8,10,12-13,18-20H2,1-2H3. The second-order valence-corrected chi connectivity index (χ2v) is 9.40. The van der Waals surface area contributed by atoms with Crippen LogP contribution in [0.2, 0.25) is 0 Å². The highest BCUT2D eigenvalue weighted by Crippen LogP contribution is 2.34. The van der Waals surface area contributed by atoms with Crippen LogP contribution in [0.25, 0.3) is 0 Å². The first-order chi connectivity index (χ1) is 15.6. The maximum Gasteiger partial charge on any atom is 0.234 e. The summed E-state index contributed by atoms with van der Waals surface area (Å²) >= 11 is 0. The monoisotopic (exact) mass is 435 g/mol. The Balaban J connectivity index is 1.48. The van der Waals surface area contributed by atoms with E-state index in [1.165, 1.54) is 23.1 Å². The van der Waals surface area contributed by atoms with E-state index in [1.807, 2.05) is 4.90 Å². The molecule has 2 aromatic rings. The third-order valence-corrected chi connectivity index (χ3v) is 6.77. The third-order valence-electron chi connectivity index (χ3n) is 6.77. The molecule has 4 rings (SSSR count). The summed E-state index contributed by atoms with van der Waals surface area (Å²) in [4.78, 5) is 15.8. The number of benzene rings is 2. The largest absolute Gasteiger partial charge is 0.353 e. The summed E-state index contributed by atoms with van der Waals surface area (Å²) in [5.74, 6) is 0.623. The van der Waals surface area contributed by atoms with Crippen LogP contribution in [0, 0.1) is 0 Å². The summed E-state index contributed by atoms with van der Waals surface area (Å²) in [6.45, 7) is 6.45. The van der Waals surface area contributed by atoms with Gasteiger partial charge in [-0.25, -0.2) is 0 Å². The molecule has 1 amide bonds. The van der Waals surface area contributed by atoms with Crippen molar-refractivity contribution in [1.29, 1.82) is 0 Å². The van der Waals surface area contributed by atoms with Gasteiger partial charge in [0.1, 0.15) is 0 Å². The van der Waals surface area contributed by atoms with E-state index >= 15 is 0 Å². The van der Waals surface area contributed by atoms with Crippen molar-refractivity contribution in [3.63, 3.8) is 0 Å². The van der Waals surface area contributed by atoms with Crippen molar-refractivity contribution in [3.8, 4) is 0 Å². The Hall–Kier alpha value is -2.17. The molecule has 2 aromatic carbocycles. The molecule has 2 atom stereocenters. The third kappa shape index (κ3) is 5.60. The van der Waals surface area contributed by atoms with Gasteiger partial charge in [0.25, 0.3) is 0 Å². The molecule has 0 radical (unpaired) electrons. The second kappa shape index (κ2) is 11.1. The van der Waals surface area contributed by atoms with E-state index in [1.54, 1.807) is 0 Å². The van der Waals surface area contributed by atoms with E-state index in [0.717, 1.165) is 50.8 Å². The van der Waals surface area contributed by atoms with Crippen LogP contribution in [0.4, 0.5) is 5.69 Å². The molecule has 0 bridgehead atoms. The Bertz CT molecular complexity index is 871. The zero-order valence-electron chi connectivity index (χ0n) is 19.6. The Morgan fingerprint density at radius 2 is 1.88 bits per heavy atom. The van der Waals surface area contributed by atoms with Gasteiger partial charge in [-0.05, 0) is 79.7 Å². The van der Waals surface area contributed by atoms with E-state index in [2.05, 4.69) is 62.4 Å². The van der Waals surface area contributed by atoms with E-state index < -0.39 is 0 Å². The molecule has 1 aliphatic carbocycles. The van der Waals surface area contributed by atoms with Gasteiger partial charge in [-0.15, -0.1) is 0 Å². The van der Waals surface area contributed by atoms with E-state index in [-0.39, 0.29) is 18.1 Å². The van der Waals surface area contributed by atoms with Crippen molar-refractivity contribution in [2.24, 2.45) is 0 Å². The number of rotatable bonds is 8. The Labute approximate surface area is 192 Å². The molecule has 1 aliphatic heterocycles. The fraction of sp³-hybridized carbons (Fsp3) is 0.536. The molecule has 2 aliphatic rings. The molecule has 0 N–H and O–H groups in total. The summed E-state index contributed by atoms with van der Waals surface area (Å²) in [5, 5.41) is 0. The number of nitrogens with zero attached hydrogens (tertiary/aromatic N) is 1. The molecule has 0 saturated carbocycles. The van der Waals surface area contributed by atoms with Gasteiger partial charge in [-0.3, -0.25) is 4.79 Å². The lowest BCUT2D eigenvalue weighted by atomic mass is 9.82. The molecule has 1 saturated heterocycles. The quantitative estimate of drug-likeness (QED) is 0.464. The van der Waals surface area contributed by atoms with E-state index in [0.29, 0.717) is 19.1 Å². The van der Waals surface area contributed by atoms with Gasteiger partial charge in [0, 0.05) is 18.8 Å². The van der Waals surface area contributed by atoms with Crippen LogP contribution in [0.15, 0.2) is 48.5 Å². The van der Waals surface area contributed by atoms with Crippen LogP contribution in [-0.4, -0.2) is 32.0 Å². The van der Waals surface area contributed by atoms with Crippen LogP contribution in [0.1, 0.15) is 80.9 Å². The van der Waals surface area contributed by atoms with Crippen molar-refractivity contribution in [2.45, 2.75) is 76.9 Å². The topological polar surface area (TPSA) is 38.8 Å². The highest BCUT2D eigenvalue weighted by atomic mass is 16.7. The highest BCUT2D eigenvalue weighted by Gasteiger charge is 2.30. The van der Waals surface area contributed by atoms with E-state index in [9.17, 15) is 4.79 Å². The minimum atomic E-state index is -0.0801. The Morgan fingerprint density at radius 3 is 2.62 bits per heavy atom. The van der Waals surface area contributed by atoms with Gasteiger partial charge in [-0.1, -0.05) is 50.2 Å². The predicted octanol–water partition coefficient (Wildman–Crippen LogP) is 6.20. The van der Waals surface area contributed by atoms with Gasteiger partial charge in [0.05, 0.1) is 12.5 Å². The lowest BCUT2D eigenvalue weighted by Gasteiger charge is -2.31. The molecule has 1 heterocycles. The Kier molecular flexibility index (Phi) is 7.99. The molecule has 4 nitrogen and oxygen atoms in total. The molecule has 2 unspecified atom stereocenters. The highest BCUT2D eigenvalue weighted by molar-refractivity contribution is 5.98. The predicted molar refractivity (Wildman–Crippen MR) is 129 cm³/mol. The van der Waals surface area contributed by atoms with Crippen LogP contribution in [-0.2, 0) is 20.7 Å². The first-order valence-electron chi connectivity index (χ1n) is 12.4. The average molecular weight is 436 g/mol. The summed E-state index contributed by atoms with van der Waals surface area (Å²) in [5.41, 5.74) is 4.81. The maximum atomic E-state index is 13.8. The van der Waals surface area contributed by atoms with Crippen LogP contribution in [0.5, 0.6) is 0 Å². The normalized spacial score (nSPS) is 20.7. The molecule has 0 spiro atoms.